The first-order valence-corrected chi connectivity index (χ1v) is 4.54. The zero-order chi connectivity index (χ0) is 11.5. The second-order valence-corrected chi connectivity index (χ2v) is 2.80. The third-order valence-electron chi connectivity index (χ3n) is 1.52. The van der Waals surface area contributed by atoms with E-state index in [1.807, 2.05) is 0 Å². The highest BCUT2D eigenvalue weighted by atomic mass is 17.5. The van der Waals surface area contributed by atoms with E-state index in [-0.39, 0.29) is 25.3 Å². The van der Waals surface area contributed by atoms with E-state index in [4.69, 9.17) is 10.2 Å². The van der Waals surface area contributed by atoms with Crippen molar-refractivity contribution in [2.24, 2.45) is 0 Å². The van der Waals surface area contributed by atoms with Gasteiger partial charge in [0, 0.05) is 6.42 Å². The van der Waals surface area contributed by atoms with Gasteiger partial charge in [0.1, 0.15) is 0 Å². The molecule has 0 saturated carbocycles. The highest BCUT2D eigenvalue weighted by molar-refractivity contribution is 5.66. The summed E-state index contributed by atoms with van der Waals surface area (Å²) in [6.45, 7) is 0.209. The molecule has 0 rings (SSSR count). The highest BCUT2D eigenvalue weighted by Gasteiger charge is 1.99. The summed E-state index contributed by atoms with van der Waals surface area (Å²) < 4.78 is 0. The summed E-state index contributed by atoms with van der Waals surface area (Å²) in [5.41, 5.74) is 0. The fourth-order valence-corrected chi connectivity index (χ4v) is 0.878. The molecule has 0 radical (unpaired) electrons. The molecule has 0 aliphatic heterocycles. The minimum atomic E-state index is -1.57. The Balaban J connectivity index is -0.000000980. The molecule has 0 unspecified atom stereocenters. The van der Waals surface area contributed by atoms with Crippen molar-refractivity contribution in [2.75, 3.05) is 6.61 Å². The van der Waals surface area contributed by atoms with E-state index >= 15 is 0 Å². The molecule has 0 spiro atoms. The summed E-state index contributed by atoms with van der Waals surface area (Å²) in [6, 6.07) is 0. The molecule has 104 valence electrons. The van der Waals surface area contributed by atoms with E-state index in [1.165, 1.54) is 0 Å². The molecule has 0 aromatic rings. The van der Waals surface area contributed by atoms with Crippen LogP contribution in [0.5, 0.6) is 0 Å². The lowest BCUT2D eigenvalue weighted by Gasteiger charge is -2.00. The normalized spacial score (nSPS) is 8.71. The predicted molar refractivity (Wildman–Crippen MR) is 56.9 cm³/mol. The maximum absolute atomic E-state index is 10.1. The molecular weight excluding hydrogens is 236 g/mol. The number of carbonyl (C=O) groups is 2. The Kier molecular flexibility index (Phi) is 17.9. The van der Waals surface area contributed by atoms with E-state index in [1.54, 1.807) is 0 Å². The molecule has 0 aromatic carbocycles. The SMILES string of the molecule is N.N.O=C(O)CCCCCCOOOC(=O)O. The Labute approximate surface area is 98.7 Å². The maximum atomic E-state index is 10.1. The fraction of sp³-hybridized carbons (Fsp3) is 0.750. The van der Waals surface area contributed by atoms with E-state index in [2.05, 4.69) is 14.8 Å². The Morgan fingerprint density at radius 2 is 1.53 bits per heavy atom. The van der Waals surface area contributed by atoms with Crippen molar-refractivity contribution >= 4 is 12.1 Å². The van der Waals surface area contributed by atoms with Gasteiger partial charge in [-0.05, 0) is 17.9 Å². The molecule has 0 amide bonds. The van der Waals surface area contributed by atoms with Crippen LogP contribution in [0.2, 0.25) is 0 Å². The van der Waals surface area contributed by atoms with Gasteiger partial charge in [-0.3, -0.25) is 4.79 Å². The monoisotopic (exact) mass is 256 g/mol. The number of carboxylic acids is 1. The second kappa shape index (κ2) is 14.6. The number of rotatable bonds is 9. The van der Waals surface area contributed by atoms with Crippen LogP contribution < -0.4 is 12.3 Å². The molecule has 0 heterocycles. The van der Waals surface area contributed by atoms with Crippen molar-refractivity contribution in [3.63, 3.8) is 0 Å². The molecule has 0 aliphatic rings. The topological polar surface area (TPSA) is 172 Å². The van der Waals surface area contributed by atoms with Gasteiger partial charge < -0.3 is 22.5 Å². The van der Waals surface area contributed by atoms with Gasteiger partial charge in [0.2, 0.25) is 0 Å². The molecule has 9 nitrogen and oxygen atoms in total. The molecular formula is C8H20N2O7. The number of hydrogen-bond acceptors (Lipinski definition) is 7. The van der Waals surface area contributed by atoms with Gasteiger partial charge in [0.05, 0.1) is 6.61 Å². The van der Waals surface area contributed by atoms with Crippen molar-refractivity contribution in [2.45, 2.75) is 32.1 Å². The lowest BCUT2D eigenvalue weighted by atomic mass is 10.1. The van der Waals surface area contributed by atoms with Crippen molar-refractivity contribution < 1.29 is 34.6 Å². The van der Waals surface area contributed by atoms with Crippen molar-refractivity contribution in [3.8, 4) is 0 Å². The molecule has 0 saturated heterocycles. The van der Waals surface area contributed by atoms with E-state index in [0.29, 0.717) is 12.8 Å². The first-order valence-electron chi connectivity index (χ1n) is 4.54. The Morgan fingerprint density at radius 3 is 2.06 bits per heavy atom. The average molecular weight is 256 g/mol. The summed E-state index contributed by atoms with van der Waals surface area (Å²) in [5, 5.41) is 20.1. The first-order chi connectivity index (χ1) is 7.13. The number of unbranched alkanes of at least 4 members (excludes halogenated alkanes) is 3. The summed E-state index contributed by atoms with van der Waals surface area (Å²) in [7, 11) is 0. The van der Waals surface area contributed by atoms with E-state index in [0.717, 1.165) is 12.8 Å². The van der Waals surface area contributed by atoms with Crippen LogP contribution in [-0.4, -0.2) is 28.9 Å². The Hall–Kier alpha value is -1.42. The van der Waals surface area contributed by atoms with Crippen LogP contribution in [-0.2, 0) is 19.6 Å². The largest absolute Gasteiger partial charge is 0.540 e. The van der Waals surface area contributed by atoms with Gasteiger partial charge in [-0.15, -0.1) is 0 Å². The maximum Gasteiger partial charge on any atom is 0.540 e. The van der Waals surface area contributed by atoms with Gasteiger partial charge >= 0.3 is 12.1 Å². The van der Waals surface area contributed by atoms with Crippen LogP contribution in [0.15, 0.2) is 0 Å². The van der Waals surface area contributed by atoms with Gasteiger partial charge in [-0.25, -0.2) is 9.68 Å². The van der Waals surface area contributed by atoms with Crippen LogP contribution in [0, 0.1) is 0 Å². The van der Waals surface area contributed by atoms with Gasteiger partial charge in [-0.2, -0.15) is 4.89 Å². The van der Waals surface area contributed by atoms with Crippen LogP contribution in [0.4, 0.5) is 4.79 Å². The summed E-state index contributed by atoms with van der Waals surface area (Å²) >= 11 is 0. The lowest BCUT2D eigenvalue weighted by Crippen LogP contribution is -2.03. The van der Waals surface area contributed by atoms with Gasteiger partial charge in [0.15, 0.2) is 0 Å². The third-order valence-corrected chi connectivity index (χ3v) is 1.52. The first kappa shape index (κ1) is 20.9. The summed E-state index contributed by atoms with van der Waals surface area (Å²) in [4.78, 5) is 27.8. The Bertz CT molecular complexity index is 180. The van der Waals surface area contributed by atoms with Crippen LogP contribution in [0.3, 0.4) is 0 Å². The predicted octanol–water partition coefficient (Wildman–Crippen LogP) is 1.90. The minimum absolute atomic E-state index is 0. The number of aliphatic carboxylic acids is 1. The lowest BCUT2D eigenvalue weighted by molar-refractivity contribution is -0.485. The van der Waals surface area contributed by atoms with Crippen molar-refractivity contribution in [1.29, 1.82) is 0 Å². The highest BCUT2D eigenvalue weighted by Crippen LogP contribution is 2.03. The van der Waals surface area contributed by atoms with Crippen LogP contribution >= 0.6 is 0 Å². The van der Waals surface area contributed by atoms with Crippen LogP contribution in [0.1, 0.15) is 32.1 Å². The summed E-state index contributed by atoms with van der Waals surface area (Å²) in [6.07, 6.45) is 1.46. The standard InChI is InChI=1S/C8H14O7.2H3N/c9-7(10)5-3-1-2-4-6-13-15-14-8(11)12;;/h1-6H2,(H,9,10)(H,11,12);2*1H3. The van der Waals surface area contributed by atoms with Crippen molar-refractivity contribution in [3.05, 3.63) is 0 Å². The molecule has 17 heavy (non-hydrogen) atoms. The fourth-order valence-electron chi connectivity index (χ4n) is 0.878. The smallest absolute Gasteiger partial charge is 0.481 e. The number of hydrogen-bond donors (Lipinski definition) is 4. The minimum Gasteiger partial charge on any atom is -0.481 e. The zero-order valence-electron chi connectivity index (χ0n) is 9.59. The summed E-state index contributed by atoms with van der Waals surface area (Å²) in [5.74, 6) is -0.801. The zero-order valence-corrected chi connectivity index (χ0v) is 9.59. The molecule has 0 bridgehead atoms. The van der Waals surface area contributed by atoms with E-state index in [9.17, 15) is 9.59 Å². The molecule has 0 aromatic heterocycles. The average Bonchev–Trinajstić information content (AvgIpc) is 2.14. The van der Waals surface area contributed by atoms with Crippen molar-refractivity contribution in [1.82, 2.24) is 12.3 Å². The molecule has 9 heteroatoms. The van der Waals surface area contributed by atoms with Gasteiger partial charge in [0.25, 0.3) is 0 Å². The second-order valence-electron chi connectivity index (χ2n) is 2.80. The van der Waals surface area contributed by atoms with Gasteiger partial charge in [-0.1, -0.05) is 12.8 Å². The molecule has 8 N–H and O–H groups in total. The molecule has 0 aliphatic carbocycles. The Morgan fingerprint density at radius 1 is 0.941 bits per heavy atom. The number of carboxylic acid groups (broad SMARTS) is 2. The third kappa shape index (κ3) is 20.6. The van der Waals surface area contributed by atoms with Crippen LogP contribution in [0.25, 0.3) is 0 Å². The molecule has 0 atom stereocenters. The quantitative estimate of drug-likeness (QED) is 0.273. The van der Waals surface area contributed by atoms with E-state index < -0.39 is 12.1 Å². The molecule has 0 fully saturated rings.